The van der Waals surface area contributed by atoms with Gasteiger partial charge in [0.15, 0.2) is 0 Å². The normalized spacial score (nSPS) is 19.4. The van der Waals surface area contributed by atoms with Crippen molar-refractivity contribution in [1.82, 2.24) is 14.9 Å². The minimum atomic E-state index is -0.413. The Morgan fingerprint density at radius 3 is 3.12 bits per heavy atom. The van der Waals surface area contributed by atoms with E-state index in [0.717, 1.165) is 6.54 Å². The molecule has 2 N–H and O–H groups in total. The zero-order chi connectivity index (χ0) is 12.3. The molecule has 17 heavy (non-hydrogen) atoms. The first kappa shape index (κ1) is 11.8. The van der Waals surface area contributed by atoms with Gasteiger partial charge in [0.2, 0.25) is 0 Å². The maximum atomic E-state index is 12.0. The third-order valence-electron chi connectivity index (χ3n) is 2.66. The van der Waals surface area contributed by atoms with Gasteiger partial charge >= 0.3 is 0 Å². The lowest BCUT2D eigenvalue weighted by molar-refractivity contribution is 0.0759. The number of carbonyl (C=O) groups is 1. The number of aliphatic hydroxyl groups is 1. The average Bonchev–Trinajstić information content (AvgIpc) is 2.76. The lowest BCUT2D eigenvalue weighted by Crippen LogP contribution is -2.30. The molecule has 92 valence electrons. The molecule has 0 aromatic carbocycles. The Labute approximate surface area is 99.7 Å². The van der Waals surface area contributed by atoms with Crippen molar-refractivity contribution in [3.63, 3.8) is 0 Å². The molecule has 1 aliphatic heterocycles. The van der Waals surface area contributed by atoms with Crippen molar-refractivity contribution in [2.75, 3.05) is 25.0 Å². The van der Waals surface area contributed by atoms with E-state index < -0.39 is 6.10 Å². The summed E-state index contributed by atoms with van der Waals surface area (Å²) in [6.07, 6.45) is 3.25. The van der Waals surface area contributed by atoms with E-state index in [0.29, 0.717) is 31.0 Å². The van der Waals surface area contributed by atoms with E-state index in [1.807, 2.05) is 6.92 Å². The van der Waals surface area contributed by atoms with Gasteiger partial charge in [-0.2, -0.15) is 0 Å². The number of hydrogen-bond acceptors (Lipinski definition) is 5. The number of hydrogen-bond donors (Lipinski definition) is 2. The molecule has 0 bridgehead atoms. The average molecular weight is 236 g/mol. The van der Waals surface area contributed by atoms with Gasteiger partial charge in [-0.15, -0.1) is 0 Å². The largest absolute Gasteiger partial charge is 0.391 e. The van der Waals surface area contributed by atoms with E-state index in [4.69, 9.17) is 0 Å². The van der Waals surface area contributed by atoms with Crippen molar-refractivity contribution in [3.05, 3.63) is 18.1 Å². The Bertz CT molecular complexity index is 410. The van der Waals surface area contributed by atoms with Crippen LogP contribution < -0.4 is 5.32 Å². The number of rotatable bonds is 3. The van der Waals surface area contributed by atoms with Crippen LogP contribution in [0.2, 0.25) is 0 Å². The van der Waals surface area contributed by atoms with Gasteiger partial charge in [0.1, 0.15) is 11.5 Å². The minimum absolute atomic E-state index is 0.172. The van der Waals surface area contributed by atoms with Crippen LogP contribution in [-0.2, 0) is 0 Å². The first-order valence-electron chi connectivity index (χ1n) is 5.74. The molecule has 6 nitrogen and oxygen atoms in total. The Morgan fingerprint density at radius 2 is 2.47 bits per heavy atom. The summed E-state index contributed by atoms with van der Waals surface area (Å²) >= 11 is 0. The van der Waals surface area contributed by atoms with Gasteiger partial charge in [-0.1, -0.05) is 0 Å². The fraction of sp³-hybridized carbons (Fsp3) is 0.545. The van der Waals surface area contributed by atoms with Crippen LogP contribution in [0.4, 0.5) is 5.82 Å². The highest BCUT2D eigenvalue weighted by atomic mass is 16.3. The summed E-state index contributed by atoms with van der Waals surface area (Å²) in [4.78, 5) is 21.8. The smallest absolute Gasteiger partial charge is 0.274 e. The molecule has 0 radical (unpaired) electrons. The van der Waals surface area contributed by atoms with E-state index in [2.05, 4.69) is 15.3 Å². The molecule has 1 amide bonds. The molecule has 1 aromatic heterocycles. The molecule has 1 saturated heterocycles. The van der Waals surface area contributed by atoms with Crippen molar-refractivity contribution in [2.24, 2.45) is 0 Å². The summed E-state index contributed by atoms with van der Waals surface area (Å²) < 4.78 is 0. The van der Waals surface area contributed by atoms with Crippen LogP contribution in [-0.4, -0.2) is 51.6 Å². The molecule has 0 saturated carbocycles. The number of nitrogens with zero attached hydrogens (tertiary/aromatic N) is 3. The molecular formula is C11H16N4O2. The third kappa shape index (κ3) is 2.71. The first-order valence-corrected chi connectivity index (χ1v) is 5.74. The number of carbonyl (C=O) groups excluding carboxylic acids is 1. The molecule has 0 aliphatic carbocycles. The highest BCUT2D eigenvalue weighted by molar-refractivity contribution is 5.92. The number of aromatic nitrogens is 2. The van der Waals surface area contributed by atoms with Crippen molar-refractivity contribution in [3.8, 4) is 0 Å². The molecular weight excluding hydrogens is 220 g/mol. The van der Waals surface area contributed by atoms with E-state index in [-0.39, 0.29) is 5.91 Å². The van der Waals surface area contributed by atoms with Crippen LogP contribution in [0.25, 0.3) is 0 Å². The molecule has 1 aromatic rings. The molecule has 2 rings (SSSR count). The van der Waals surface area contributed by atoms with E-state index >= 15 is 0 Å². The molecule has 2 heterocycles. The quantitative estimate of drug-likeness (QED) is 0.779. The van der Waals surface area contributed by atoms with Crippen molar-refractivity contribution in [2.45, 2.75) is 19.4 Å². The van der Waals surface area contributed by atoms with Gasteiger partial charge in [-0.25, -0.2) is 4.98 Å². The molecule has 1 atom stereocenters. The maximum absolute atomic E-state index is 12.0. The molecule has 1 fully saturated rings. The standard InChI is InChI=1S/C11H16N4O2/c1-2-13-10-6-12-5-9(14-10)11(17)15-4-3-8(16)7-15/h5-6,8,16H,2-4,7H2,1H3,(H,13,14). The van der Waals surface area contributed by atoms with Crippen LogP contribution >= 0.6 is 0 Å². The Balaban J connectivity index is 2.10. The van der Waals surface area contributed by atoms with Crippen molar-refractivity contribution in [1.29, 1.82) is 0 Å². The van der Waals surface area contributed by atoms with Crippen LogP contribution in [0.5, 0.6) is 0 Å². The van der Waals surface area contributed by atoms with Crippen LogP contribution in [0.15, 0.2) is 12.4 Å². The molecule has 1 unspecified atom stereocenters. The Kier molecular flexibility index (Phi) is 3.53. The summed E-state index contributed by atoms with van der Waals surface area (Å²) in [6.45, 7) is 3.64. The number of amides is 1. The SMILES string of the molecule is CCNc1cncc(C(=O)N2CCC(O)C2)n1. The van der Waals surface area contributed by atoms with E-state index in [9.17, 15) is 9.90 Å². The van der Waals surface area contributed by atoms with Crippen LogP contribution in [0.1, 0.15) is 23.8 Å². The van der Waals surface area contributed by atoms with Gasteiger partial charge in [-0.05, 0) is 13.3 Å². The number of anilines is 1. The summed E-state index contributed by atoms with van der Waals surface area (Å²) in [6, 6.07) is 0. The second-order valence-electron chi connectivity index (χ2n) is 4.01. The molecule has 0 spiro atoms. The van der Waals surface area contributed by atoms with Crippen molar-refractivity contribution < 1.29 is 9.90 Å². The topological polar surface area (TPSA) is 78.4 Å². The Morgan fingerprint density at radius 1 is 1.65 bits per heavy atom. The second kappa shape index (κ2) is 5.09. The summed E-state index contributed by atoms with van der Waals surface area (Å²) in [5, 5.41) is 12.4. The van der Waals surface area contributed by atoms with Gasteiger partial charge in [-0.3, -0.25) is 9.78 Å². The number of likely N-dealkylation sites (tertiary alicyclic amines) is 1. The number of nitrogens with one attached hydrogen (secondary N) is 1. The second-order valence-corrected chi connectivity index (χ2v) is 4.01. The van der Waals surface area contributed by atoms with Crippen LogP contribution in [0, 0.1) is 0 Å². The van der Waals surface area contributed by atoms with Gasteiger partial charge in [0.05, 0.1) is 18.5 Å². The molecule has 6 heteroatoms. The Hall–Kier alpha value is -1.69. The fourth-order valence-electron chi connectivity index (χ4n) is 1.82. The van der Waals surface area contributed by atoms with Crippen LogP contribution in [0.3, 0.4) is 0 Å². The predicted molar refractivity (Wildman–Crippen MR) is 62.7 cm³/mol. The highest BCUT2D eigenvalue weighted by Gasteiger charge is 2.26. The fourth-order valence-corrected chi connectivity index (χ4v) is 1.82. The van der Waals surface area contributed by atoms with E-state index in [1.165, 1.54) is 6.20 Å². The minimum Gasteiger partial charge on any atom is -0.391 e. The van der Waals surface area contributed by atoms with Crippen molar-refractivity contribution >= 4 is 11.7 Å². The van der Waals surface area contributed by atoms with Gasteiger partial charge < -0.3 is 15.3 Å². The molecule has 1 aliphatic rings. The number of β-amino-alcohol motifs (C(OH)–C–C–N with tert-alkyl or cyclic N) is 1. The summed E-state index contributed by atoms with van der Waals surface area (Å²) in [5.41, 5.74) is 0.317. The third-order valence-corrected chi connectivity index (χ3v) is 2.66. The van der Waals surface area contributed by atoms with E-state index in [1.54, 1.807) is 11.1 Å². The summed E-state index contributed by atoms with van der Waals surface area (Å²) in [5.74, 6) is 0.423. The predicted octanol–water partition coefficient (Wildman–Crippen LogP) is 0.115. The van der Waals surface area contributed by atoms with Gasteiger partial charge in [0, 0.05) is 19.6 Å². The van der Waals surface area contributed by atoms with Gasteiger partial charge in [0.25, 0.3) is 5.91 Å². The number of aliphatic hydroxyl groups excluding tert-OH is 1. The summed E-state index contributed by atoms with van der Waals surface area (Å²) in [7, 11) is 0. The zero-order valence-electron chi connectivity index (χ0n) is 9.76. The lowest BCUT2D eigenvalue weighted by atomic mass is 10.3. The zero-order valence-corrected chi connectivity index (χ0v) is 9.76. The monoisotopic (exact) mass is 236 g/mol. The lowest BCUT2D eigenvalue weighted by Gasteiger charge is -2.14. The first-order chi connectivity index (χ1) is 8.20. The maximum Gasteiger partial charge on any atom is 0.274 e. The highest BCUT2D eigenvalue weighted by Crippen LogP contribution is 2.12.